The molecule has 29 heavy (non-hydrogen) atoms. The molecule has 0 bridgehead atoms. The summed E-state index contributed by atoms with van der Waals surface area (Å²) in [6.07, 6.45) is 3.09. The largest absolute Gasteiger partial charge is 0.346 e. The Balaban J connectivity index is 1.60. The van der Waals surface area contributed by atoms with Gasteiger partial charge in [-0.2, -0.15) is 4.31 Å². The van der Waals surface area contributed by atoms with Gasteiger partial charge in [0.25, 0.3) is 0 Å². The smallest absolute Gasteiger partial charge is 0.244 e. The van der Waals surface area contributed by atoms with Crippen molar-refractivity contribution in [2.45, 2.75) is 25.3 Å². The van der Waals surface area contributed by atoms with E-state index < -0.39 is 10.0 Å². The lowest BCUT2D eigenvalue weighted by molar-refractivity contribution is -0.116. The lowest BCUT2D eigenvalue weighted by atomic mass is 10.2. The van der Waals surface area contributed by atoms with E-state index in [1.807, 2.05) is 38.1 Å². The highest BCUT2D eigenvalue weighted by molar-refractivity contribution is 7.89. The van der Waals surface area contributed by atoms with Crippen molar-refractivity contribution in [3.8, 4) is 0 Å². The number of carbonyl (C=O) groups excluding carboxylic acids is 1. The highest BCUT2D eigenvalue weighted by Gasteiger charge is 2.20. The van der Waals surface area contributed by atoms with Crippen LogP contribution in [-0.4, -0.2) is 36.7 Å². The summed E-state index contributed by atoms with van der Waals surface area (Å²) in [7, 11) is -3.48. The maximum Gasteiger partial charge on any atom is 0.244 e. The van der Waals surface area contributed by atoms with Crippen LogP contribution < -0.4 is 5.32 Å². The molecule has 1 heterocycles. The van der Waals surface area contributed by atoms with Crippen molar-refractivity contribution >= 4 is 43.6 Å². The summed E-state index contributed by atoms with van der Waals surface area (Å²) < 4.78 is 27.5. The fraction of sp³-hybridized carbons (Fsp3) is 0.238. The van der Waals surface area contributed by atoms with E-state index in [0.717, 1.165) is 20.8 Å². The predicted molar refractivity (Wildman–Crippen MR) is 117 cm³/mol. The van der Waals surface area contributed by atoms with Crippen molar-refractivity contribution in [3.05, 3.63) is 65.2 Å². The Hall–Kier alpha value is -2.55. The Morgan fingerprint density at radius 1 is 1.10 bits per heavy atom. The standard InChI is InChI=1S/C21H23N3O3S2/c1-3-24(4-2)29(26,27)17-12-9-16(10-13-17)11-14-20(25)22-15-21-23-18-7-5-6-8-19(18)28-21/h5-14H,3-4,15H2,1-2H3,(H,22,25)/b14-11+. The second kappa shape index (κ2) is 9.30. The number of aromatic nitrogens is 1. The van der Waals surface area contributed by atoms with E-state index in [-0.39, 0.29) is 10.8 Å². The van der Waals surface area contributed by atoms with E-state index in [1.54, 1.807) is 41.7 Å². The Morgan fingerprint density at radius 3 is 2.45 bits per heavy atom. The van der Waals surface area contributed by atoms with Gasteiger partial charge in [-0.15, -0.1) is 11.3 Å². The van der Waals surface area contributed by atoms with Crippen molar-refractivity contribution in [1.82, 2.24) is 14.6 Å². The monoisotopic (exact) mass is 429 g/mol. The number of carbonyl (C=O) groups is 1. The fourth-order valence-electron chi connectivity index (χ4n) is 2.85. The number of sulfonamides is 1. The summed E-state index contributed by atoms with van der Waals surface area (Å²) in [6, 6.07) is 14.3. The number of nitrogens with one attached hydrogen (secondary N) is 1. The molecule has 1 amide bonds. The zero-order chi connectivity index (χ0) is 20.9. The topological polar surface area (TPSA) is 79.4 Å². The van der Waals surface area contributed by atoms with Crippen LogP contribution in [0.2, 0.25) is 0 Å². The maximum absolute atomic E-state index is 12.5. The number of thiazole rings is 1. The van der Waals surface area contributed by atoms with Crippen molar-refractivity contribution in [3.63, 3.8) is 0 Å². The number of rotatable bonds is 8. The van der Waals surface area contributed by atoms with E-state index in [4.69, 9.17) is 0 Å². The van der Waals surface area contributed by atoms with E-state index in [0.29, 0.717) is 19.6 Å². The molecule has 8 heteroatoms. The quantitative estimate of drug-likeness (QED) is 0.554. The number of hydrogen-bond donors (Lipinski definition) is 1. The second-order valence-electron chi connectivity index (χ2n) is 6.28. The van der Waals surface area contributed by atoms with Gasteiger partial charge in [0.2, 0.25) is 15.9 Å². The molecule has 0 aliphatic carbocycles. The highest BCUT2D eigenvalue weighted by atomic mass is 32.2. The first-order valence-electron chi connectivity index (χ1n) is 9.34. The van der Waals surface area contributed by atoms with Crippen LogP contribution in [0.3, 0.4) is 0 Å². The predicted octanol–water partition coefficient (Wildman–Crippen LogP) is 3.66. The summed E-state index contributed by atoms with van der Waals surface area (Å²) in [6.45, 7) is 4.84. The Kier molecular flexibility index (Phi) is 6.79. The molecule has 1 aromatic heterocycles. The molecule has 0 saturated carbocycles. The molecular weight excluding hydrogens is 406 g/mol. The molecule has 0 fully saturated rings. The molecule has 2 aromatic carbocycles. The molecule has 0 spiro atoms. The van der Waals surface area contributed by atoms with Gasteiger partial charge in [-0.05, 0) is 35.9 Å². The Bertz CT molecular complexity index is 1080. The van der Waals surface area contributed by atoms with Gasteiger partial charge in [-0.25, -0.2) is 13.4 Å². The van der Waals surface area contributed by atoms with E-state index >= 15 is 0 Å². The number of nitrogens with zero attached hydrogens (tertiary/aromatic N) is 2. The number of benzene rings is 2. The fourth-order valence-corrected chi connectivity index (χ4v) is 5.22. The summed E-state index contributed by atoms with van der Waals surface area (Å²) >= 11 is 1.55. The van der Waals surface area contributed by atoms with Crippen LogP contribution in [0.1, 0.15) is 24.4 Å². The minimum atomic E-state index is -3.48. The molecule has 0 radical (unpaired) electrons. The van der Waals surface area contributed by atoms with Gasteiger partial charge in [-0.3, -0.25) is 4.79 Å². The zero-order valence-corrected chi connectivity index (χ0v) is 18.0. The van der Waals surface area contributed by atoms with E-state index in [2.05, 4.69) is 10.3 Å². The van der Waals surface area contributed by atoms with Crippen molar-refractivity contribution in [2.24, 2.45) is 0 Å². The number of hydrogen-bond acceptors (Lipinski definition) is 5. The van der Waals surface area contributed by atoms with E-state index in [1.165, 1.54) is 10.4 Å². The Labute approximate surface area is 174 Å². The van der Waals surface area contributed by atoms with Gasteiger partial charge in [-0.1, -0.05) is 38.1 Å². The van der Waals surface area contributed by atoms with Crippen LogP contribution in [0, 0.1) is 0 Å². The number of amides is 1. The first-order valence-corrected chi connectivity index (χ1v) is 11.6. The van der Waals surface area contributed by atoms with Crippen LogP contribution in [0.5, 0.6) is 0 Å². The number of fused-ring (bicyclic) bond motifs is 1. The van der Waals surface area contributed by atoms with Crippen LogP contribution in [0.4, 0.5) is 0 Å². The Morgan fingerprint density at radius 2 is 1.79 bits per heavy atom. The lowest BCUT2D eigenvalue weighted by Gasteiger charge is -2.18. The van der Waals surface area contributed by atoms with E-state index in [9.17, 15) is 13.2 Å². The lowest BCUT2D eigenvalue weighted by Crippen LogP contribution is -2.30. The molecule has 0 aliphatic heterocycles. The third-order valence-electron chi connectivity index (χ3n) is 4.40. The van der Waals surface area contributed by atoms with Gasteiger partial charge >= 0.3 is 0 Å². The minimum absolute atomic E-state index is 0.232. The van der Waals surface area contributed by atoms with Gasteiger partial charge < -0.3 is 5.32 Å². The van der Waals surface area contributed by atoms with Crippen molar-refractivity contribution < 1.29 is 13.2 Å². The van der Waals surface area contributed by atoms with Crippen LogP contribution in [-0.2, 0) is 21.4 Å². The summed E-state index contributed by atoms with van der Waals surface area (Å²) in [5, 5.41) is 3.66. The summed E-state index contributed by atoms with van der Waals surface area (Å²) in [4.78, 5) is 16.8. The zero-order valence-electron chi connectivity index (χ0n) is 16.3. The van der Waals surface area contributed by atoms with Gasteiger partial charge in [0.15, 0.2) is 0 Å². The molecule has 3 aromatic rings. The summed E-state index contributed by atoms with van der Waals surface area (Å²) in [5.41, 5.74) is 1.68. The minimum Gasteiger partial charge on any atom is -0.346 e. The average Bonchev–Trinajstić information content (AvgIpc) is 3.15. The summed E-state index contributed by atoms with van der Waals surface area (Å²) in [5.74, 6) is -0.232. The van der Waals surface area contributed by atoms with Crippen LogP contribution in [0.15, 0.2) is 59.5 Å². The first-order chi connectivity index (χ1) is 13.9. The molecule has 0 aliphatic rings. The average molecular weight is 430 g/mol. The van der Waals surface area contributed by atoms with Crippen LogP contribution in [0.25, 0.3) is 16.3 Å². The first kappa shape index (κ1) is 21.2. The third kappa shape index (κ3) is 5.09. The highest BCUT2D eigenvalue weighted by Crippen LogP contribution is 2.21. The molecule has 3 rings (SSSR count). The molecule has 6 nitrogen and oxygen atoms in total. The van der Waals surface area contributed by atoms with Crippen molar-refractivity contribution in [2.75, 3.05) is 13.1 Å². The van der Waals surface area contributed by atoms with Gasteiger partial charge in [0.1, 0.15) is 5.01 Å². The molecular formula is C21H23N3O3S2. The molecule has 0 unspecified atom stereocenters. The third-order valence-corrected chi connectivity index (χ3v) is 7.50. The second-order valence-corrected chi connectivity index (χ2v) is 9.34. The molecule has 0 saturated heterocycles. The number of para-hydroxylation sites is 1. The molecule has 152 valence electrons. The van der Waals surface area contributed by atoms with Crippen LogP contribution >= 0.6 is 11.3 Å². The maximum atomic E-state index is 12.5. The van der Waals surface area contributed by atoms with Crippen molar-refractivity contribution in [1.29, 1.82) is 0 Å². The molecule has 1 N–H and O–H groups in total. The SMILES string of the molecule is CCN(CC)S(=O)(=O)c1ccc(/C=C/C(=O)NCc2nc3ccccc3s2)cc1. The van der Waals surface area contributed by atoms with Gasteiger partial charge in [0.05, 0.1) is 21.7 Å². The molecule has 0 atom stereocenters. The van der Waals surface area contributed by atoms with Gasteiger partial charge in [0, 0.05) is 19.2 Å². The normalized spacial score (nSPS) is 12.1.